The maximum atomic E-state index is 10.9. The van der Waals surface area contributed by atoms with Crippen molar-refractivity contribution in [3.8, 4) is 0 Å². The number of nitrogens with zero attached hydrogens (tertiary/aromatic N) is 2. The number of amides is 1. The Morgan fingerprint density at radius 1 is 1.44 bits per heavy atom. The van der Waals surface area contributed by atoms with Gasteiger partial charge in [-0.05, 0) is 24.5 Å². The molecule has 1 atom stereocenters. The predicted molar refractivity (Wildman–Crippen MR) is 74.6 cm³/mol. The van der Waals surface area contributed by atoms with Crippen LogP contribution in [0.4, 0.5) is 0 Å². The summed E-state index contributed by atoms with van der Waals surface area (Å²) in [5.41, 5.74) is 1.15. The van der Waals surface area contributed by atoms with Crippen LogP contribution >= 0.6 is 11.8 Å². The predicted octanol–water partition coefficient (Wildman–Crippen LogP) is 3.27. The molecule has 98 valence electrons. The molecule has 2 rings (SSSR count). The molecule has 1 aromatic rings. The van der Waals surface area contributed by atoms with Gasteiger partial charge in [0.15, 0.2) is 0 Å². The largest absolute Gasteiger partial charge is 0.338 e. The van der Waals surface area contributed by atoms with Gasteiger partial charge in [-0.2, -0.15) is 0 Å². The van der Waals surface area contributed by atoms with E-state index in [2.05, 4.69) is 37.9 Å². The molecular weight excluding hydrogens is 244 g/mol. The quantitative estimate of drug-likeness (QED) is 0.620. The van der Waals surface area contributed by atoms with E-state index in [0.717, 1.165) is 36.4 Å². The Morgan fingerprint density at radius 2 is 2.22 bits per heavy atom. The molecule has 1 aromatic heterocycles. The van der Waals surface area contributed by atoms with Crippen molar-refractivity contribution in [3.63, 3.8) is 0 Å². The van der Waals surface area contributed by atoms with Crippen molar-refractivity contribution in [2.45, 2.75) is 49.4 Å². The topological polar surface area (TPSA) is 33.2 Å². The average Bonchev–Trinajstić information content (AvgIpc) is 2.76. The highest BCUT2D eigenvalue weighted by Crippen LogP contribution is 2.33. The number of hydrogen-bond acceptors (Lipinski definition) is 3. The fourth-order valence-electron chi connectivity index (χ4n) is 2.24. The number of likely N-dealkylation sites (tertiary alicyclic amines) is 1. The first-order valence-corrected chi connectivity index (χ1v) is 7.17. The van der Waals surface area contributed by atoms with E-state index in [4.69, 9.17) is 0 Å². The van der Waals surface area contributed by atoms with Gasteiger partial charge in [0.05, 0.1) is 11.1 Å². The lowest BCUT2D eigenvalue weighted by Crippen LogP contribution is -2.21. The second kappa shape index (κ2) is 5.31. The number of hydrogen-bond donors (Lipinski definition) is 0. The molecule has 1 aliphatic rings. The summed E-state index contributed by atoms with van der Waals surface area (Å²) in [5, 5.41) is 1.04. The van der Waals surface area contributed by atoms with Crippen LogP contribution in [0.5, 0.6) is 0 Å². The van der Waals surface area contributed by atoms with Gasteiger partial charge in [0.25, 0.3) is 0 Å². The number of thioether (sulfide) groups is 1. The number of rotatable bonds is 3. The van der Waals surface area contributed by atoms with Gasteiger partial charge >= 0.3 is 0 Å². The van der Waals surface area contributed by atoms with Crippen LogP contribution in [-0.2, 0) is 4.79 Å². The molecule has 0 N–H and O–H groups in total. The molecule has 0 saturated carbocycles. The summed E-state index contributed by atoms with van der Waals surface area (Å²) in [7, 11) is 0. The van der Waals surface area contributed by atoms with Crippen LogP contribution in [0.1, 0.15) is 45.2 Å². The molecule has 18 heavy (non-hydrogen) atoms. The summed E-state index contributed by atoms with van der Waals surface area (Å²) in [6.45, 7) is 7.40. The second-order valence-electron chi connectivity index (χ2n) is 5.65. The van der Waals surface area contributed by atoms with Crippen LogP contribution in [0.3, 0.4) is 0 Å². The highest BCUT2D eigenvalue weighted by Gasteiger charge is 2.24. The van der Waals surface area contributed by atoms with Crippen molar-refractivity contribution in [2.24, 2.45) is 0 Å². The standard InChI is InChI=1S/C14H20N2OS/c1-14(2,3)18-13-7-6-11(9-15-13)12-5-4-8-16(12)10-17/h6-7,9-10,12H,4-5,8H2,1-3H3. The minimum absolute atomic E-state index is 0.177. The molecule has 0 radical (unpaired) electrons. The molecule has 1 fully saturated rings. The Bertz CT molecular complexity index is 411. The summed E-state index contributed by atoms with van der Waals surface area (Å²) in [4.78, 5) is 17.3. The van der Waals surface area contributed by atoms with Crippen LogP contribution in [0.2, 0.25) is 0 Å². The van der Waals surface area contributed by atoms with Gasteiger partial charge in [-0.25, -0.2) is 4.98 Å². The highest BCUT2D eigenvalue weighted by atomic mass is 32.2. The van der Waals surface area contributed by atoms with Crippen molar-refractivity contribution in [3.05, 3.63) is 23.9 Å². The molecule has 1 unspecified atom stereocenters. The first-order valence-electron chi connectivity index (χ1n) is 6.35. The van der Waals surface area contributed by atoms with Gasteiger partial charge in [-0.15, -0.1) is 11.8 Å². The second-order valence-corrected chi connectivity index (χ2v) is 7.49. The van der Waals surface area contributed by atoms with E-state index >= 15 is 0 Å². The van der Waals surface area contributed by atoms with Crippen molar-refractivity contribution in [2.75, 3.05) is 6.54 Å². The van der Waals surface area contributed by atoms with E-state index in [0.29, 0.717) is 0 Å². The third kappa shape index (κ3) is 3.25. The maximum absolute atomic E-state index is 10.9. The zero-order valence-electron chi connectivity index (χ0n) is 11.2. The highest BCUT2D eigenvalue weighted by molar-refractivity contribution is 8.00. The molecule has 2 heterocycles. The van der Waals surface area contributed by atoms with Gasteiger partial charge in [0.1, 0.15) is 0 Å². The van der Waals surface area contributed by atoms with E-state index in [-0.39, 0.29) is 10.8 Å². The summed E-state index contributed by atoms with van der Waals surface area (Å²) >= 11 is 1.76. The molecular formula is C14H20N2OS. The Labute approximate surface area is 113 Å². The summed E-state index contributed by atoms with van der Waals surface area (Å²) in [5.74, 6) is 0. The number of pyridine rings is 1. The van der Waals surface area contributed by atoms with E-state index in [9.17, 15) is 4.79 Å². The van der Waals surface area contributed by atoms with E-state index in [1.807, 2.05) is 11.1 Å². The van der Waals surface area contributed by atoms with Gasteiger partial charge in [-0.1, -0.05) is 26.8 Å². The zero-order valence-corrected chi connectivity index (χ0v) is 12.0. The lowest BCUT2D eigenvalue weighted by atomic mass is 10.1. The number of carbonyl (C=O) groups is 1. The summed E-state index contributed by atoms with van der Waals surface area (Å²) in [6, 6.07) is 4.39. The molecule has 0 aliphatic carbocycles. The normalized spacial score (nSPS) is 20.2. The van der Waals surface area contributed by atoms with Crippen LogP contribution in [0.15, 0.2) is 23.4 Å². The van der Waals surface area contributed by atoms with Gasteiger partial charge in [0, 0.05) is 17.5 Å². The van der Waals surface area contributed by atoms with Crippen molar-refractivity contribution in [1.82, 2.24) is 9.88 Å². The third-order valence-corrected chi connectivity index (χ3v) is 4.05. The first-order chi connectivity index (χ1) is 8.49. The zero-order chi connectivity index (χ0) is 13.2. The number of carbonyl (C=O) groups excluding carboxylic acids is 1. The smallest absolute Gasteiger partial charge is 0.210 e. The van der Waals surface area contributed by atoms with Crippen molar-refractivity contribution >= 4 is 18.2 Å². The van der Waals surface area contributed by atoms with E-state index < -0.39 is 0 Å². The van der Waals surface area contributed by atoms with E-state index in [1.54, 1.807) is 11.8 Å². The number of aromatic nitrogens is 1. The summed E-state index contributed by atoms with van der Waals surface area (Å²) < 4.78 is 0.177. The van der Waals surface area contributed by atoms with Crippen molar-refractivity contribution < 1.29 is 4.79 Å². The minimum Gasteiger partial charge on any atom is -0.338 e. The fraction of sp³-hybridized carbons (Fsp3) is 0.571. The maximum Gasteiger partial charge on any atom is 0.210 e. The SMILES string of the molecule is CC(C)(C)Sc1ccc(C2CCCN2C=O)cn1. The Morgan fingerprint density at radius 3 is 2.78 bits per heavy atom. The lowest BCUT2D eigenvalue weighted by molar-refractivity contribution is -0.118. The van der Waals surface area contributed by atoms with Gasteiger partial charge in [-0.3, -0.25) is 4.79 Å². The molecule has 3 nitrogen and oxygen atoms in total. The minimum atomic E-state index is 0.177. The Balaban J connectivity index is 2.10. The molecule has 0 spiro atoms. The van der Waals surface area contributed by atoms with Crippen LogP contribution in [-0.4, -0.2) is 27.6 Å². The first kappa shape index (κ1) is 13.4. The molecule has 1 saturated heterocycles. The van der Waals surface area contributed by atoms with Crippen LogP contribution in [0, 0.1) is 0 Å². The monoisotopic (exact) mass is 264 g/mol. The van der Waals surface area contributed by atoms with Crippen LogP contribution < -0.4 is 0 Å². The summed E-state index contributed by atoms with van der Waals surface area (Å²) in [6.07, 6.45) is 5.00. The van der Waals surface area contributed by atoms with Gasteiger partial charge < -0.3 is 4.90 Å². The van der Waals surface area contributed by atoms with Crippen LogP contribution in [0.25, 0.3) is 0 Å². The Hall–Kier alpha value is -1.03. The fourth-order valence-corrected chi connectivity index (χ4v) is 3.11. The van der Waals surface area contributed by atoms with E-state index in [1.165, 1.54) is 0 Å². The lowest BCUT2D eigenvalue weighted by Gasteiger charge is -2.21. The average molecular weight is 264 g/mol. The molecule has 0 aromatic carbocycles. The molecule has 4 heteroatoms. The van der Waals surface area contributed by atoms with Gasteiger partial charge in [0.2, 0.25) is 6.41 Å². The van der Waals surface area contributed by atoms with Crippen molar-refractivity contribution in [1.29, 1.82) is 0 Å². The Kier molecular flexibility index (Phi) is 3.95. The molecule has 0 bridgehead atoms. The molecule has 1 amide bonds. The molecule has 1 aliphatic heterocycles. The third-order valence-electron chi connectivity index (χ3n) is 2.98.